The summed E-state index contributed by atoms with van der Waals surface area (Å²) in [4.78, 5) is 32.2. The zero-order chi connectivity index (χ0) is 23.8. The Balaban J connectivity index is 0. The van der Waals surface area contributed by atoms with E-state index in [2.05, 4.69) is 6.92 Å². The third kappa shape index (κ3) is 37.5. The van der Waals surface area contributed by atoms with Gasteiger partial charge in [-0.05, 0) is 12.2 Å². The zero-order valence-electron chi connectivity index (χ0n) is 19.3. The Morgan fingerprint density at radius 2 is 1.26 bits per heavy atom. The van der Waals surface area contributed by atoms with Crippen LogP contribution in [0.4, 0.5) is 0 Å². The third-order valence-corrected chi connectivity index (χ3v) is 5.80. The SMILES string of the molecule is CCCCCCCCCCCCCCCCSCC(CO)OCC(N)=O.O=P(O)(O)O. The monoisotopic (exact) mass is 487 g/mol. The molecule has 31 heavy (non-hydrogen) atoms. The number of hydrogen-bond acceptors (Lipinski definition) is 5. The van der Waals surface area contributed by atoms with E-state index in [1.54, 1.807) is 11.8 Å². The number of hydrogen-bond donors (Lipinski definition) is 5. The second-order valence-corrected chi connectivity index (χ2v) is 9.94. The average molecular weight is 488 g/mol. The highest BCUT2D eigenvalue weighted by atomic mass is 32.2. The topological polar surface area (TPSA) is 150 Å². The van der Waals surface area contributed by atoms with E-state index in [1.807, 2.05) is 0 Å². The maximum absolute atomic E-state index is 10.7. The lowest BCUT2D eigenvalue weighted by Gasteiger charge is -2.13. The van der Waals surface area contributed by atoms with Gasteiger partial charge in [-0.2, -0.15) is 11.8 Å². The summed E-state index contributed by atoms with van der Waals surface area (Å²) in [6.07, 6.45) is 19.0. The average Bonchev–Trinajstić information content (AvgIpc) is 2.68. The molecule has 1 amide bonds. The smallest absolute Gasteiger partial charge is 0.394 e. The maximum atomic E-state index is 10.7. The van der Waals surface area contributed by atoms with Crippen LogP contribution in [0.2, 0.25) is 0 Å². The van der Waals surface area contributed by atoms with Crippen LogP contribution in [0.15, 0.2) is 0 Å². The van der Waals surface area contributed by atoms with Gasteiger partial charge in [0.25, 0.3) is 0 Å². The number of carbonyl (C=O) groups excluding carboxylic acids is 1. The second-order valence-electron chi connectivity index (χ2n) is 7.77. The van der Waals surface area contributed by atoms with E-state index < -0.39 is 13.7 Å². The molecule has 0 saturated carbocycles. The summed E-state index contributed by atoms with van der Waals surface area (Å²) < 4.78 is 14.1. The standard InChI is InChI=1S/C21H43NO3S.H3O4P/c1-2-3-4-5-6-7-8-9-10-11-12-13-14-15-16-26-19-20(17-23)25-18-21(22)24;1-5(2,3)4/h20,23H,2-19H2,1H3,(H2,22,24);(H3,1,2,3,4). The van der Waals surface area contributed by atoms with Crippen LogP contribution in [0.5, 0.6) is 0 Å². The van der Waals surface area contributed by atoms with Crippen LogP contribution in [0.25, 0.3) is 0 Å². The van der Waals surface area contributed by atoms with Crippen LogP contribution in [0, 0.1) is 0 Å². The number of phosphoric acid groups is 1. The molecule has 0 aliphatic rings. The molecule has 0 aliphatic heterocycles. The van der Waals surface area contributed by atoms with Crippen molar-refractivity contribution in [3.8, 4) is 0 Å². The van der Waals surface area contributed by atoms with Gasteiger partial charge in [-0.1, -0.05) is 90.4 Å². The van der Waals surface area contributed by atoms with E-state index in [-0.39, 0.29) is 19.3 Å². The molecule has 10 heteroatoms. The van der Waals surface area contributed by atoms with Crippen LogP contribution in [-0.2, 0) is 14.1 Å². The van der Waals surface area contributed by atoms with Crippen molar-refractivity contribution in [3.63, 3.8) is 0 Å². The molecule has 1 unspecified atom stereocenters. The number of carbonyl (C=O) groups is 1. The minimum atomic E-state index is -4.64. The quantitative estimate of drug-likeness (QED) is 0.120. The summed E-state index contributed by atoms with van der Waals surface area (Å²) in [6.45, 7) is 2.11. The van der Waals surface area contributed by atoms with Crippen LogP contribution >= 0.6 is 19.6 Å². The Kier molecular flexibility index (Phi) is 26.1. The first-order valence-corrected chi connectivity index (χ1v) is 14.3. The first-order valence-electron chi connectivity index (χ1n) is 11.6. The minimum absolute atomic E-state index is 0.0565. The van der Waals surface area contributed by atoms with Crippen LogP contribution < -0.4 is 5.73 Å². The summed E-state index contributed by atoms with van der Waals surface area (Å²) in [5.74, 6) is 1.33. The Morgan fingerprint density at radius 3 is 1.61 bits per heavy atom. The number of ether oxygens (including phenoxy) is 1. The van der Waals surface area contributed by atoms with E-state index in [1.165, 1.54) is 89.9 Å². The van der Waals surface area contributed by atoms with Gasteiger partial charge in [0.1, 0.15) is 6.61 Å². The molecule has 0 spiro atoms. The highest BCUT2D eigenvalue weighted by molar-refractivity contribution is 7.99. The molecule has 0 aromatic carbocycles. The molecule has 6 N–H and O–H groups in total. The lowest BCUT2D eigenvalue weighted by molar-refractivity contribution is -0.124. The van der Waals surface area contributed by atoms with Crippen molar-refractivity contribution in [2.75, 3.05) is 24.7 Å². The van der Waals surface area contributed by atoms with Gasteiger partial charge in [-0.25, -0.2) is 4.57 Å². The molecule has 1 atom stereocenters. The van der Waals surface area contributed by atoms with Gasteiger partial charge in [0.05, 0.1) is 12.7 Å². The predicted molar refractivity (Wildman–Crippen MR) is 128 cm³/mol. The molecular formula is C21H46NO7PS. The van der Waals surface area contributed by atoms with Gasteiger partial charge in [0, 0.05) is 5.75 Å². The number of primary amides is 1. The number of unbranched alkanes of at least 4 members (excludes halogenated alkanes) is 13. The highest BCUT2D eigenvalue weighted by Crippen LogP contribution is 2.25. The van der Waals surface area contributed by atoms with E-state index >= 15 is 0 Å². The van der Waals surface area contributed by atoms with Crippen LogP contribution in [0.1, 0.15) is 96.8 Å². The molecule has 8 nitrogen and oxygen atoms in total. The summed E-state index contributed by atoms with van der Waals surface area (Å²) >= 11 is 1.78. The van der Waals surface area contributed by atoms with Gasteiger partial charge in [-0.3, -0.25) is 4.79 Å². The predicted octanol–water partition coefficient (Wildman–Crippen LogP) is 4.14. The Bertz CT molecular complexity index is 430. The molecule has 0 aliphatic carbocycles. The van der Waals surface area contributed by atoms with Crippen molar-refractivity contribution >= 4 is 25.5 Å². The molecular weight excluding hydrogens is 441 g/mol. The van der Waals surface area contributed by atoms with E-state index in [4.69, 9.17) is 29.7 Å². The fraction of sp³-hybridized carbons (Fsp3) is 0.952. The number of aliphatic hydroxyl groups is 1. The van der Waals surface area contributed by atoms with Crippen molar-refractivity contribution in [1.29, 1.82) is 0 Å². The van der Waals surface area contributed by atoms with Gasteiger partial charge in [0.2, 0.25) is 5.91 Å². The first kappa shape index (κ1) is 33.0. The fourth-order valence-corrected chi connectivity index (χ4v) is 4.01. The van der Waals surface area contributed by atoms with Gasteiger partial charge in [-0.15, -0.1) is 0 Å². The van der Waals surface area contributed by atoms with E-state index in [9.17, 15) is 9.90 Å². The molecule has 0 fully saturated rings. The van der Waals surface area contributed by atoms with Crippen LogP contribution in [-0.4, -0.2) is 56.5 Å². The van der Waals surface area contributed by atoms with Gasteiger partial charge in [0.15, 0.2) is 0 Å². The van der Waals surface area contributed by atoms with Gasteiger partial charge >= 0.3 is 7.82 Å². The molecule has 0 aromatic heterocycles. The minimum Gasteiger partial charge on any atom is -0.394 e. The van der Waals surface area contributed by atoms with E-state index in [0.29, 0.717) is 0 Å². The number of rotatable bonds is 21. The number of amides is 1. The van der Waals surface area contributed by atoms with Gasteiger partial charge < -0.3 is 30.3 Å². The molecule has 0 heterocycles. The van der Waals surface area contributed by atoms with Crippen LogP contribution in [0.3, 0.4) is 0 Å². The van der Waals surface area contributed by atoms with Crippen molar-refractivity contribution in [3.05, 3.63) is 0 Å². The maximum Gasteiger partial charge on any atom is 0.466 e. The lowest BCUT2D eigenvalue weighted by atomic mass is 10.0. The summed E-state index contributed by atoms with van der Waals surface area (Å²) in [5, 5.41) is 9.17. The Morgan fingerprint density at radius 1 is 0.871 bits per heavy atom. The van der Waals surface area contributed by atoms with Crippen molar-refractivity contribution in [1.82, 2.24) is 0 Å². The number of thioether (sulfide) groups is 1. The Hall–Kier alpha value is -0.150. The molecule has 0 radical (unpaired) electrons. The molecule has 0 aromatic rings. The van der Waals surface area contributed by atoms with Crippen molar-refractivity contribution in [2.24, 2.45) is 5.73 Å². The first-order chi connectivity index (χ1) is 14.7. The largest absolute Gasteiger partial charge is 0.466 e. The highest BCUT2D eigenvalue weighted by Gasteiger charge is 2.09. The molecule has 0 saturated heterocycles. The molecule has 0 bridgehead atoms. The van der Waals surface area contributed by atoms with Crippen molar-refractivity contribution in [2.45, 2.75) is 103 Å². The van der Waals surface area contributed by atoms with E-state index in [0.717, 1.165) is 11.5 Å². The molecule has 188 valence electrons. The number of nitrogens with two attached hydrogens (primary N) is 1. The number of aliphatic hydroxyl groups excluding tert-OH is 1. The summed E-state index contributed by atoms with van der Waals surface area (Å²) in [6, 6.07) is 0. The zero-order valence-corrected chi connectivity index (χ0v) is 21.0. The fourth-order valence-electron chi connectivity index (χ4n) is 2.97. The molecule has 0 rings (SSSR count). The summed E-state index contributed by atoms with van der Waals surface area (Å²) in [5.41, 5.74) is 5.03. The second kappa shape index (κ2) is 24.5. The Labute approximate surface area is 193 Å². The normalized spacial score (nSPS) is 12.3. The third-order valence-electron chi connectivity index (χ3n) is 4.61. The lowest BCUT2D eigenvalue weighted by Crippen LogP contribution is -2.27. The summed E-state index contributed by atoms with van der Waals surface area (Å²) in [7, 11) is -4.64. The van der Waals surface area contributed by atoms with Crippen molar-refractivity contribution < 1.29 is 33.9 Å².